The quantitative estimate of drug-likeness (QED) is 0.119. The van der Waals surface area contributed by atoms with Gasteiger partial charge in [0.1, 0.15) is 29.6 Å². The van der Waals surface area contributed by atoms with Gasteiger partial charge in [0.25, 0.3) is 5.91 Å². The Balaban J connectivity index is 1.38. The molecule has 1 atom stereocenters. The van der Waals surface area contributed by atoms with Crippen LogP contribution < -0.4 is 14.5 Å². The number of halogens is 3. The van der Waals surface area contributed by atoms with Gasteiger partial charge in [0.05, 0.1) is 24.1 Å². The summed E-state index contributed by atoms with van der Waals surface area (Å²) in [6, 6.07) is 16.7. The van der Waals surface area contributed by atoms with Gasteiger partial charge in [0, 0.05) is 16.5 Å². The van der Waals surface area contributed by atoms with Crippen LogP contribution in [0.25, 0.3) is 11.1 Å². The van der Waals surface area contributed by atoms with E-state index >= 15 is 0 Å². The van der Waals surface area contributed by atoms with Gasteiger partial charge in [0.2, 0.25) is 0 Å². The minimum atomic E-state index is -4.88. The molecule has 1 saturated heterocycles. The van der Waals surface area contributed by atoms with Gasteiger partial charge >= 0.3 is 29.3 Å². The van der Waals surface area contributed by atoms with Crippen molar-refractivity contribution < 1.29 is 41.2 Å². The number of benzene rings is 2. The maximum Gasteiger partial charge on any atom is 0.511 e. The molecule has 2 heterocycles. The fourth-order valence-electron chi connectivity index (χ4n) is 5.14. The number of carbonyl (C=O) groups is 2. The zero-order valence-electron chi connectivity index (χ0n) is 27.2. The van der Waals surface area contributed by atoms with E-state index in [0.29, 0.717) is 30.7 Å². The van der Waals surface area contributed by atoms with Crippen LogP contribution in [0.2, 0.25) is 0 Å². The number of alkyl halides is 3. The summed E-state index contributed by atoms with van der Waals surface area (Å²) in [5.74, 6) is -0.309. The van der Waals surface area contributed by atoms with Crippen molar-refractivity contribution in [2.75, 3.05) is 29.6 Å². The predicted octanol–water partition coefficient (Wildman–Crippen LogP) is 6.50. The molecule has 4 rings (SSSR count). The summed E-state index contributed by atoms with van der Waals surface area (Å²) in [4.78, 5) is 31.4. The van der Waals surface area contributed by atoms with Crippen molar-refractivity contribution in [3.8, 4) is 22.9 Å². The first kappa shape index (κ1) is 36.2. The zero-order valence-corrected chi connectivity index (χ0v) is 28.0. The third kappa shape index (κ3) is 8.45. The standard InChI is InChI=1S/C34H36F3N4O6S/c1-32(2,3)47-29(42)21-45-16-6-7-17-46-26-14-10-23(11-15-26)22-8-12-24(13-9-22)41-31(48-44)40(30(43)33(41,4)5)25-18-27(34(35,36)37)28(19-38)39-20-25/h8-15,18,20,31H,6-7,16-17,21H2,1-5H3/q+1. The fraction of sp³-hybridized carbons (Fsp3) is 0.412. The van der Waals surface area contributed by atoms with E-state index < -0.39 is 45.9 Å². The SMILES string of the molecule is CC(C)(C)OC(=O)COCCCCOc1ccc(-c2ccc(N3C([S+]=O)N(c4cnc(C#N)c(C(F)(F)F)c4)C(=O)C3(C)C)cc2)cc1. The van der Waals surface area contributed by atoms with Crippen LogP contribution in [-0.4, -0.2) is 53.3 Å². The van der Waals surface area contributed by atoms with Gasteiger partial charge in [-0.2, -0.15) is 18.4 Å². The molecular formula is C34H36F3N4O6S+. The Hall–Kier alpha value is -4.61. The zero-order chi connectivity index (χ0) is 35.3. The summed E-state index contributed by atoms with van der Waals surface area (Å²) in [5, 5.41) is 9.11. The number of esters is 1. The average molecular weight is 686 g/mol. The Kier molecular flexibility index (Phi) is 11.1. The summed E-state index contributed by atoms with van der Waals surface area (Å²) in [5.41, 5.74) is -3.15. The summed E-state index contributed by atoms with van der Waals surface area (Å²) in [6.45, 7) is 9.37. The van der Waals surface area contributed by atoms with E-state index in [-0.39, 0.29) is 24.0 Å². The van der Waals surface area contributed by atoms with E-state index in [0.717, 1.165) is 35.1 Å². The van der Waals surface area contributed by atoms with E-state index in [1.165, 1.54) is 6.07 Å². The van der Waals surface area contributed by atoms with Gasteiger partial charge in [-0.15, -0.1) is 0 Å². The van der Waals surface area contributed by atoms with Crippen molar-refractivity contribution in [2.24, 2.45) is 0 Å². The molecule has 1 unspecified atom stereocenters. The van der Waals surface area contributed by atoms with Crippen molar-refractivity contribution in [3.63, 3.8) is 0 Å². The highest BCUT2D eigenvalue weighted by Gasteiger charge is 2.59. The van der Waals surface area contributed by atoms with Crippen LogP contribution in [0.15, 0.2) is 60.8 Å². The number of carbonyl (C=O) groups excluding carboxylic acids is 2. The maximum absolute atomic E-state index is 13.6. The Morgan fingerprint density at radius 3 is 2.17 bits per heavy atom. The highest BCUT2D eigenvalue weighted by molar-refractivity contribution is 7.66. The van der Waals surface area contributed by atoms with Crippen molar-refractivity contribution in [1.29, 1.82) is 5.26 Å². The third-order valence-electron chi connectivity index (χ3n) is 7.36. The van der Waals surface area contributed by atoms with Crippen LogP contribution in [0, 0.1) is 11.3 Å². The average Bonchev–Trinajstić information content (AvgIpc) is 3.23. The van der Waals surface area contributed by atoms with Crippen LogP contribution >= 0.6 is 0 Å². The molecule has 1 aromatic heterocycles. The van der Waals surface area contributed by atoms with Gasteiger partial charge in [-0.1, -0.05) is 24.3 Å². The number of amides is 1. The second-order valence-electron chi connectivity index (χ2n) is 12.5. The first-order chi connectivity index (χ1) is 22.6. The monoisotopic (exact) mass is 685 g/mol. The van der Waals surface area contributed by atoms with Gasteiger partial charge in [-0.05, 0) is 88.9 Å². The minimum Gasteiger partial charge on any atom is -0.494 e. The first-order valence-electron chi connectivity index (χ1n) is 15.1. The number of hydrogen-bond donors (Lipinski definition) is 0. The number of hydrogen-bond acceptors (Lipinski definition) is 9. The maximum atomic E-state index is 13.6. The highest BCUT2D eigenvalue weighted by atomic mass is 32.1. The third-order valence-corrected chi connectivity index (χ3v) is 7.95. The van der Waals surface area contributed by atoms with Gasteiger partial charge < -0.3 is 14.2 Å². The van der Waals surface area contributed by atoms with Crippen LogP contribution in [0.4, 0.5) is 24.5 Å². The molecule has 10 nitrogen and oxygen atoms in total. The summed E-state index contributed by atoms with van der Waals surface area (Å²) in [6.07, 6.45) is -2.44. The van der Waals surface area contributed by atoms with E-state index in [9.17, 15) is 27.0 Å². The molecule has 14 heteroatoms. The van der Waals surface area contributed by atoms with E-state index in [4.69, 9.17) is 19.5 Å². The van der Waals surface area contributed by atoms with Crippen molar-refractivity contribution in [1.82, 2.24) is 4.98 Å². The molecule has 254 valence electrons. The second kappa shape index (κ2) is 14.7. The van der Waals surface area contributed by atoms with Gasteiger partial charge in [-0.25, -0.2) is 14.7 Å². The number of nitriles is 1. The lowest BCUT2D eigenvalue weighted by atomic mass is 10.0. The second-order valence-corrected chi connectivity index (χ2v) is 13.1. The number of nitrogens with zero attached hydrogens (tertiary/aromatic N) is 4. The fourth-order valence-corrected chi connectivity index (χ4v) is 5.92. The van der Waals surface area contributed by atoms with Crippen LogP contribution in [0.1, 0.15) is 58.7 Å². The molecule has 1 aliphatic rings. The molecule has 3 aromatic rings. The minimum absolute atomic E-state index is 0.0518. The number of unbranched alkanes of at least 4 members (excludes halogenated alkanes) is 1. The van der Waals surface area contributed by atoms with Gasteiger partial charge in [-0.3, -0.25) is 9.69 Å². The number of aromatic nitrogens is 1. The molecule has 0 radical (unpaired) electrons. The molecule has 1 amide bonds. The number of pyridine rings is 1. The summed E-state index contributed by atoms with van der Waals surface area (Å²) in [7, 11) is 0. The van der Waals surface area contributed by atoms with Crippen molar-refractivity contribution >= 4 is 34.9 Å². The Morgan fingerprint density at radius 2 is 1.60 bits per heavy atom. The van der Waals surface area contributed by atoms with Crippen LogP contribution in [0.3, 0.4) is 0 Å². The molecule has 1 aliphatic heterocycles. The molecule has 0 bridgehead atoms. The van der Waals surface area contributed by atoms with Crippen molar-refractivity contribution in [3.05, 3.63) is 72.1 Å². The Morgan fingerprint density at radius 1 is 1.00 bits per heavy atom. The molecule has 0 spiro atoms. The summed E-state index contributed by atoms with van der Waals surface area (Å²) < 4.78 is 69.7. The molecule has 48 heavy (non-hydrogen) atoms. The first-order valence-corrected chi connectivity index (χ1v) is 15.9. The van der Waals surface area contributed by atoms with E-state index in [1.807, 2.05) is 36.4 Å². The number of ether oxygens (including phenoxy) is 3. The van der Waals surface area contributed by atoms with E-state index in [1.54, 1.807) is 51.7 Å². The molecule has 2 aromatic carbocycles. The summed E-state index contributed by atoms with van der Waals surface area (Å²) >= 11 is 0.0518. The highest BCUT2D eigenvalue weighted by Crippen LogP contribution is 2.41. The van der Waals surface area contributed by atoms with Crippen LogP contribution in [0.5, 0.6) is 5.75 Å². The largest absolute Gasteiger partial charge is 0.511 e. The van der Waals surface area contributed by atoms with Crippen LogP contribution in [-0.2, 0) is 41.1 Å². The molecule has 0 saturated carbocycles. The predicted molar refractivity (Wildman–Crippen MR) is 173 cm³/mol. The number of rotatable bonds is 12. The molecule has 0 aliphatic carbocycles. The molecule has 1 fully saturated rings. The molecular weight excluding hydrogens is 649 g/mol. The lowest BCUT2D eigenvalue weighted by Crippen LogP contribution is -2.46. The normalized spacial score (nSPS) is 16.1. The molecule has 0 N–H and O–H groups in total. The topological polar surface area (TPSA) is 122 Å². The lowest BCUT2D eigenvalue weighted by molar-refractivity contribution is -0.160. The Labute approximate surface area is 280 Å². The number of anilines is 2. The lowest BCUT2D eigenvalue weighted by Gasteiger charge is -2.28. The smallest absolute Gasteiger partial charge is 0.494 e. The Bertz CT molecular complexity index is 1670. The van der Waals surface area contributed by atoms with E-state index in [2.05, 4.69) is 4.98 Å². The van der Waals surface area contributed by atoms with Gasteiger partial charge in [0.15, 0.2) is 5.69 Å². The van der Waals surface area contributed by atoms with Crippen molar-refractivity contribution in [2.45, 2.75) is 70.3 Å².